The van der Waals surface area contributed by atoms with Crippen molar-refractivity contribution in [3.8, 4) is 0 Å². The van der Waals surface area contributed by atoms with Crippen LogP contribution in [0.25, 0.3) is 0 Å². The summed E-state index contributed by atoms with van der Waals surface area (Å²) in [7, 11) is 0. The van der Waals surface area contributed by atoms with Crippen LogP contribution in [0.3, 0.4) is 0 Å². The van der Waals surface area contributed by atoms with Crippen LogP contribution >= 0.6 is 0 Å². The van der Waals surface area contributed by atoms with Crippen LogP contribution < -0.4 is 15.5 Å². The fourth-order valence-electron chi connectivity index (χ4n) is 6.19. The standard InChI is InChI=1S/C26H25F2N3O4/c27-19-8-16(9-20(28)22(19)18-6-7-21(32)29-23(18)33)31-10-17(11-31)35-24(34)30-26-12-25(13-26,14-26)15-4-2-1-3-5-15/h1-5,8-9,17-18H,6-7,10-14H2,(H,30,34)(H,29,32,33). The first-order valence-corrected chi connectivity index (χ1v) is 11.9. The molecule has 7 rings (SSSR count). The molecule has 2 aromatic carbocycles. The van der Waals surface area contributed by atoms with Gasteiger partial charge in [0.15, 0.2) is 0 Å². The van der Waals surface area contributed by atoms with Gasteiger partial charge in [-0.3, -0.25) is 14.9 Å². The molecule has 3 saturated carbocycles. The fourth-order valence-corrected chi connectivity index (χ4v) is 6.19. The van der Waals surface area contributed by atoms with Crippen molar-refractivity contribution in [2.45, 2.75) is 55.1 Å². The number of amides is 3. The Labute approximate surface area is 200 Å². The van der Waals surface area contributed by atoms with Crippen molar-refractivity contribution in [3.05, 3.63) is 65.2 Å². The molecule has 5 fully saturated rings. The molecule has 35 heavy (non-hydrogen) atoms. The largest absolute Gasteiger partial charge is 0.442 e. The number of piperidine rings is 1. The minimum absolute atomic E-state index is 0.0404. The molecule has 182 valence electrons. The third-order valence-electron chi connectivity index (χ3n) is 7.92. The summed E-state index contributed by atoms with van der Waals surface area (Å²) in [6.07, 6.45) is 2.02. The lowest BCUT2D eigenvalue weighted by Gasteiger charge is -2.70. The summed E-state index contributed by atoms with van der Waals surface area (Å²) < 4.78 is 35.0. The van der Waals surface area contributed by atoms with Crippen LogP contribution in [-0.4, -0.2) is 42.6 Å². The minimum atomic E-state index is -1.03. The fraction of sp³-hybridized carbons (Fsp3) is 0.423. The van der Waals surface area contributed by atoms with Gasteiger partial charge in [0.2, 0.25) is 11.8 Å². The Bertz CT molecular complexity index is 1190. The van der Waals surface area contributed by atoms with E-state index >= 15 is 0 Å². The van der Waals surface area contributed by atoms with E-state index in [0.29, 0.717) is 18.8 Å². The zero-order valence-corrected chi connectivity index (χ0v) is 19.0. The molecule has 7 nitrogen and oxygen atoms in total. The van der Waals surface area contributed by atoms with E-state index in [0.717, 1.165) is 19.3 Å². The quantitative estimate of drug-likeness (QED) is 0.640. The number of nitrogens with one attached hydrogen (secondary N) is 2. The predicted molar refractivity (Wildman–Crippen MR) is 122 cm³/mol. The van der Waals surface area contributed by atoms with Crippen LogP contribution in [0.1, 0.15) is 49.1 Å². The molecular formula is C26H25F2N3O4. The third kappa shape index (κ3) is 3.64. The predicted octanol–water partition coefficient (Wildman–Crippen LogP) is 3.27. The number of nitrogens with zero attached hydrogens (tertiary/aromatic N) is 1. The lowest BCUT2D eigenvalue weighted by Crippen LogP contribution is -2.77. The van der Waals surface area contributed by atoms with Crippen molar-refractivity contribution >= 4 is 23.6 Å². The monoisotopic (exact) mass is 481 g/mol. The number of rotatable bonds is 5. The summed E-state index contributed by atoms with van der Waals surface area (Å²) in [6, 6.07) is 12.7. The van der Waals surface area contributed by atoms with Gasteiger partial charge in [0, 0.05) is 28.6 Å². The van der Waals surface area contributed by atoms with Gasteiger partial charge >= 0.3 is 6.09 Å². The molecule has 2 bridgehead atoms. The van der Waals surface area contributed by atoms with Crippen molar-refractivity contribution in [2.75, 3.05) is 18.0 Å². The smallest absolute Gasteiger partial charge is 0.407 e. The molecule has 0 aromatic heterocycles. The van der Waals surface area contributed by atoms with Gasteiger partial charge in [0.1, 0.15) is 17.7 Å². The van der Waals surface area contributed by atoms with Crippen LogP contribution in [0.2, 0.25) is 0 Å². The molecule has 2 N–H and O–H groups in total. The Balaban J connectivity index is 1.01. The second-order valence-corrected chi connectivity index (χ2v) is 10.3. The van der Waals surface area contributed by atoms with Crippen molar-refractivity contribution < 1.29 is 27.9 Å². The maximum atomic E-state index is 14.8. The molecule has 9 heteroatoms. The van der Waals surface area contributed by atoms with Crippen LogP contribution in [0.4, 0.5) is 19.3 Å². The number of anilines is 1. The van der Waals surface area contributed by atoms with E-state index in [1.807, 2.05) is 18.2 Å². The number of imide groups is 1. The number of hydrogen-bond donors (Lipinski definition) is 2. The first kappa shape index (κ1) is 22.0. The second kappa shape index (κ2) is 7.76. The van der Waals surface area contributed by atoms with E-state index in [1.165, 1.54) is 17.7 Å². The average Bonchev–Trinajstić information content (AvgIpc) is 2.73. The van der Waals surface area contributed by atoms with Crippen LogP contribution in [-0.2, 0) is 19.7 Å². The molecule has 1 unspecified atom stereocenters. The second-order valence-electron chi connectivity index (χ2n) is 10.3. The number of benzene rings is 2. The highest BCUT2D eigenvalue weighted by molar-refractivity contribution is 6.01. The van der Waals surface area contributed by atoms with E-state index < -0.39 is 35.5 Å². The Morgan fingerprint density at radius 2 is 1.71 bits per heavy atom. The molecule has 2 aliphatic heterocycles. The molecule has 1 atom stereocenters. The molecule has 3 amide bonds. The summed E-state index contributed by atoms with van der Waals surface area (Å²) in [5, 5.41) is 5.14. The highest BCUT2D eigenvalue weighted by atomic mass is 19.1. The average molecular weight is 481 g/mol. The summed E-state index contributed by atoms with van der Waals surface area (Å²) in [6.45, 7) is 0.649. The summed E-state index contributed by atoms with van der Waals surface area (Å²) >= 11 is 0. The highest BCUT2D eigenvalue weighted by Crippen LogP contribution is 2.67. The van der Waals surface area contributed by atoms with E-state index in [9.17, 15) is 23.2 Å². The molecule has 5 aliphatic rings. The van der Waals surface area contributed by atoms with Gasteiger partial charge in [-0.25, -0.2) is 13.6 Å². The van der Waals surface area contributed by atoms with Gasteiger partial charge in [-0.1, -0.05) is 30.3 Å². The third-order valence-corrected chi connectivity index (χ3v) is 7.92. The lowest BCUT2D eigenvalue weighted by molar-refractivity contribution is -0.134. The molecule has 2 saturated heterocycles. The maximum Gasteiger partial charge on any atom is 0.407 e. The highest BCUT2D eigenvalue weighted by Gasteiger charge is 2.69. The van der Waals surface area contributed by atoms with Crippen molar-refractivity contribution in [1.29, 1.82) is 0 Å². The van der Waals surface area contributed by atoms with Gasteiger partial charge < -0.3 is 15.0 Å². The normalized spacial score (nSPS) is 29.4. The SMILES string of the molecule is O=C1CCC(c2c(F)cc(N3CC(OC(=O)NC45CC(c6ccccc6)(C4)C5)C3)cc2F)C(=O)N1. The van der Waals surface area contributed by atoms with Gasteiger partial charge in [0.25, 0.3) is 0 Å². The summed E-state index contributed by atoms with van der Waals surface area (Å²) in [5.41, 5.74) is 1.30. The van der Waals surface area contributed by atoms with E-state index in [-0.39, 0.29) is 35.5 Å². The molecule has 0 radical (unpaired) electrons. The Kier molecular flexibility index (Phi) is 4.88. The first-order chi connectivity index (χ1) is 16.8. The van der Waals surface area contributed by atoms with Crippen molar-refractivity contribution in [3.63, 3.8) is 0 Å². The number of hydrogen-bond acceptors (Lipinski definition) is 5. The van der Waals surface area contributed by atoms with Crippen molar-refractivity contribution in [2.24, 2.45) is 0 Å². The van der Waals surface area contributed by atoms with E-state index in [1.54, 1.807) is 4.90 Å². The Morgan fingerprint density at radius 3 is 2.34 bits per heavy atom. The molecule has 3 aliphatic carbocycles. The maximum absolute atomic E-state index is 14.8. The summed E-state index contributed by atoms with van der Waals surface area (Å²) in [4.78, 5) is 37.5. The van der Waals surface area contributed by atoms with E-state index in [2.05, 4.69) is 22.8 Å². The number of ether oxygens (including phenoxy) is 1. The molecule has 2 aromatic rings. The molecular weight excluding hydrogens is 456 g/mol. The summed E-state index contributed by atoms with van der Waals surface area (Å²) in [5.74, 6) is -3.81. The number of halogens is 2. The van der Waals surface area contributed by atoms with Crippen LogP contribution in [0, 0.1) is 11.6 Å². The van der Waals surface area contributed by atoms with Crippen molar-refractivity contribution in [1.82, 2.24) is 10.6 Å². The van der Waals surface area contributed by atoms with Gasteiger partial charge in [-0.05, 0) is 43.4 Å². The zero-order chi connectivity index (χ0) is 24.4. The minimum Gasteiger partial charge on any atom is -0.442 e. The van der Waals surface area contributed by atoms with Crippen LogP contribution in [0.5, 0.6) is 0 Å². The number of alkyl carbamates (subject to hydrolysis) is 1. The molecule has 2 heterocycles. The Morgan fingerprint density at radius 1 is 1.06 bits per heavy atom. The zero-order valence-electron chi connectivity index (χ0n) is 19.0. The number of carbonyl (C=O) groups excluding carboxylic acids is 3. The lowest BCUT2D eigenvalue weighted by atomic mass is 9.37. The van der Waals surface area contributed by atoms with Gasteiger partial charge in [-0.2, -0.15) is 0 Å². The number of carbonyl (C=O) groups is 3. The first-order valence-electron chi connectivity index (χ1n) is 11.9. The molecule has 0 spiro atoms. The van der Waals surface area contributed by atoms with E-state index in [4.69, 9.17) is 4.74 Å². The van der Waals surface area contributed by atoms with Gasteiger partial charge in [-0.15, -0.1) is 0 Å². The topological polar surface area (TPSA) is 87.7 Å². The van der Waals surface area contributed by atoms with Crippen LogP contribution in [0.15, 0.2) is 42.5 Å². The van der Waals surface area contributed by atoms with Gasteiger partial charge in [0.05, 0.1) is 19.0 Å². The Hall–Kier alpha value is -3.49.